The third-order valence-corrected chi connectivity index (χ3v) is 9.80. The molecule has 0 spiro atoms. The zero-order valence-electron chi connectivity index (χ0n) is 41.6. The summed E-state index contributed by atoms with van der Waals surface area (Å²) in [5.74, 6) is -3.66. The SMILES string of the molecule is CC(C)c1cc(F)c(F)cc1F.CC(C)c1cc(F)cc(C(F)(F)F)c1.CC(C)c1ccc(C(F)(F)F)cn1.CC(C)c1ccccn1.CC(C)c1cccnc1.COc1cc(F)c(C(C)C)cc1F. The fourth-order valence-electron chi connectivity index (χ4n) is 5.58. The Morgan fingerprint density at radius 2 is 0.929 bits per heavy atom. The van der Waals surface area contributed by atoms with E-state index in [1.165, 1.54) is 24.8 Å². The van der Waals surface area contributed by atoms with Gasteiger partial charge in [-0.2, -0.15) is 26.3 Å². The number of halogens is 12. The van der Waals surface area contributed by atoms with Gasteiger partial charge in [-0.15, -0.1) is 0 Å². The highest BCUT2D eigenvalue weighted by molar-refractivity contribution is 5.32. The highest BCUT2D eigenvalue weighted by atomic mass is 19.4. The molecule has 6 rings (SSSR count). The van der Waals surface area contributed by atoms with Crippen molar-refractivity contribution in [3.63, 3.8) is 0 Å². The Morgan fingerprint density at radius 1 is 0.414 bits per heavy atom. The Morgan fingerprint density at radius 3 is 1.31 bits per heavy atom. The Kier molecular flexibility index (Phi) is 26.0. The van der Waals surface area contributed by atoms with E-state index in [9.17, 15) is 52.7 Å². The molecule has 0 saturated heterocycles. The summed E-state index contributed by atoms with van der Waals surface area (Å²) in [7, 11) is 1.31. The topological polar surface area (TPSA) is 47.9 Å². The van der Waals surface area contributed by atoms with E-state index >= 15 is 0 Å². The van der Waals surface area contributed by atoms with Crippen LogP contribution >= 0.6 is 0 Å². The smallest absolute Gasteiger partial charge is 0.417 e. The fraction of sp³-hybridized carbons (Fsp3) is 0.389. The highest BCUT2D eigenvalue weighted by Crippen LogP contribution is 2.32. The van der Waals surface area contributed by atoms with Crippen LogP contribution in [-0.4, -0.2) is 22.1 Å². The quantitative estimate of drug-likeness (QED) is 0.118. The van der Waals surface area contributed by atoms with Crippen LogP contribution in [0.15, 0.2) is 110 Å². The van der Waals surface area contributed by atoms with E-state index in [1.807, 2.05) is 64.4 Å². The minimum Gasteiger partial charge on any atom is -0.494 e. The molecule has 6 aromatic rings. The zero-order valence-corrected chi connectivity index (χ0v) is 41.6. The predicted octanol–water partition coefficient (Wildman–Crippen LogP) is 17.9. The van der Waals surface area contributed by atoms with Crippen molar-refractivity contribution in [3.8, 4) is 5.75 Å². The molecular weight excluding hydrogens is 935 g/mol. The lowest BCUT2D eigenvalue weighted by Gasteiger charge is -2.11. The number of ether oxygens (including phenoxy) is 1. The van der Waals surface area contributed by atoms with Gasteiger partial charge in [-0.05, 0) is 118 Å². The molecule has 3 aromatic carbocycles. The molecule has 3 aromatic heterocycles. The molecule has 0 fully saturated rings. The summed E-state index contributed by atoms with van der Waals surface area (Å²) in [4.78, 5) is 11.9. The number of alkyl halides is 6. The second kappa shape index (κ2) is 29.3. The maximum Gasteiger partial charge on any atom is 0.417 e. The van der Waals surface area contributed by atoms with Gasteiger partial charge >= 0.3 is 12.4 Å². The monoisotopic (exact) mass is 997 g/mol. The number of aromatic nitrogens is 3. The van der Waals surface area contributed by atoms with E-state index < -0.39 is 58.4 Å². The van der Waals surface area contributed by atoms with Gasteiger partial charge in [0.05, 0.1) is 18.2 Å². The average Bonchev–Trinajstić information content (AvgIpc) is 3.29. The van der Waals surface area contributed by atoms with E-state index in [-0.39, 0.29) is 35.0 Å². The van der Waals surface area contributed by atoms with Gasteiger partial charge in [0.2, 0.25) is 0 Å². The van der Waals surface area contributed by atoms with Crippen LogP contribution in [-0.2, 0) is 12.4 Å². The first kappa shape index (κ1) is 62.1. The lowest BCUT2D eigenvalue weighted by atomic mass is 10.0. The Hall–Kier alpha value is -5.93. The van der Waals surface area contributed by atoms with E-state index in [0.717, 1.165) is 42.2 Å². The van der Waals surface area contributed by atoms with Gasteiger partial charge in [0.1, 0.15) is 17.5 Å². The minimum absolute atomic E-state index is 0.0274. The van der Waals surface area contributed by atoms with Crippen molar-refractivity contribution in [2.75, 3.05) is 7.11 Å². The number of nitrogens with zero attached hydrogens (tertiary/aromatic N) is 3. The number of methoxy groups -OCH3 is 1. The third kappa shape index (κ3) is 22.2. The van der Waals surface area contributed by atoms with Gasteiger partial charge < -0.3 is 4.74 Å². The molecule has 16 heteroatoms. The van der Waals surface area contributed by atoms with Crippen LogP contribution in [0.3, 0.4) is 0 Å². The van der Waals surface area contributed by atoms with Crippen molar-refractivity contribution in [2.45, 2.75) is 131 Å². The Labute approximate surface area is 404 Å². The largest absolute Gasteiger partial charge is 0.494 e. The van der Waals surface area contributed by atoms with Crippen molar-refractivity contribution < 1.29 is 57.4 Å². The van der Waals surface area contributed by atoms with Crippen molar-refractivity contribution in [2.24, 2.45) is 0 Å². The minimum atomic E-state index is -4.48. The summed E-state index contributed by atoms with van der Waals surface area (Å²) >= 11 is 0. The molecule has 0 bridgehead atoms. The van der Waals surface area contributed by atoms with Crippen molar-refractivity contribution in [1.29, 1.82) is 0 Å². The highest BCUT2D eigenvalue weighted by Gasteiger charge is 2.32. The van der Waals surface area contributed by atoms with Gasteiger partial charge in [-0.1, -0.05) is 95.2 Å². The molecule has 3 heterocycles. The summed E-state index contributed by atoms with van der Waals surface area (Å²) in [6, 6.07) is 18.9. The lowest BCUT2D eigenvalue weighted by Crippen LogP contribution is -2.06. The normalized spacial score (nSPS) is 11.1. The standard InChI is InChI=1S/C10H10F4.C10H12F2O.C9H10F3N.C9H9F3.2C8H11N/c1-6(2)7-3-8(10(12,13)14)5-9(11)4-7;1-6(2)7-4-9(12)10(13-3)5-8(7)11;1-6(2)8-4-3-7(5-13-8)9(10,11)12;1-5(2)6-3-8(11)9(12)4-7(6)10;1-7(2)8-4-3-5-9-6-8;1-7(2)8-5-3-4-6-9-8/h3-6H,1-2H3;4-6H,1-3H3;3-6H,1-2H3;3-5H,1-2H3;2*3-7H,1-2H3. The molecule has 0 unspecified atom stereocenters. The molecule has 0 aliphatic rings. The first-order valence-electron chi connectivity index (χ1n) is 22.3. The first-order chi connectivity index (χ1) is 32.4. The molecule has 0 atom stereocenters. The summed E-state index contributed by atoms with van der Waals surface area (Å²) in [6.07, 6.45) is -2.37. The number of pyridine rings is 3. The van der Waals surface area contributed by atoms with Crippen LogP contribution in [0.5, 0.6) is 5.75 Å². The lowest BCUT2D eigenvalue weighted by molar-refractivity contribution is -0.138. The molecule has 0 amide bonds. The number of benzene rings is 3. The molecule has 0 saturated carbocycles. The number of hydrogen-bond donors (Lipinski definition) is 0. The van der Waals surface area contributed by atoms with Crippen LogP contribution in [0.1, 0.15) is 163 Å². The second-order valence-corrected chi connectivity index (χ2v) is 17.5. The van der Waals surface area contributed by atoms with Crippen LogP contribution in [0.4, 0.5) is 52.7 Å². The fourth-order valence-corrected chi connectivity index (χ4v) is 5.58. The molecule has 0 aliphatic carbocycles. The molecular formula is C54H63F12N3O. The van der Waals surface area contributed by atoms with Crippen LogP contribution in [0.25, 0.3) is 0 Å². The Bertz CT molecular complexity index is 2380. The Balaban J connectivity index is 0.000000423. The summed E-state index contributed by atoms with van der Waals surface area (Å²) in [5.41, 5.74) is 2.45. The number of rotatable bonds is 7. The summed E-state index contributed by atoms with van der Waals surface area (Å²) in [5, 5.41) is 0. The molecule has 4 nitrogen and oxygen atoms in total. The van der Waals surface area contributed by atoms with E-state index in [4.69, 9.17) is 0 Å². The number of hydrogen-bond acceptors (Lipinski definition) is 4. The predicted molar refractivity (Wildman–Crippen MR) is 253 cm³/mol. The molecule has 0 aliphatic heterocycles. The maximum atomic E-state index is 13.2. The van der Waals surface area contributed by atoms with Gasteiger partial charge in [-0.3, -0.25) is 15.0 Å². The molecule has 0 N–H and O–H groups in total. The van der Waals surface area contributed by atoms with Gasteiger partial charge in [0, 0.05) is 48.3 Å². The van der Waals surface area contributed by atoms with Crippen LogP contribution < -0.4 is 4.74 Å². The second-order valence-electron chi connectivity index (χ2n) is 17.5. The molecule has 0 radical (unpaired) electrons. The van der Waals surface area contributed by atoms with Gasteiger partial charge in [0.25, 0.3) is 0 Å². The van der Waals surface area contributed by atoms with Crippen molar-refractivity contribution >= 4 is 0 Å². The van der Waals surface area contributed by atoms with E-state index in [0.29, 0.717) is 40.8 Å². The van der Waals surface area contributed by atoms with E-state index in [1.54, 1.807) is 33.9 Å². The summed E-state index contributed by atoms with van der Waals surface area (Å²) < 4.78 is 155. The van der Waals surface area contributed by atoms with E-state index in [2.05, 4.69) is 53.5 Å². The summed E-state index contributed by atoms with van der Waals surface area (Å²) in [6.45, 7) is 22.9. The first-order valence-corrected chi connectivity index (χ1v) is 22.3. The van der Waals surface area contributed by atoms with Gasteiger partial charge in [0.15, 0.2) is 23.2 Å². The van der Waals surface area contributed by atoms with Crippen LogP contribution in [0, 0.1) is 34.9 Å². The van der Waals surface area contributed by atoms with Crippen LogP contribution in [0.2, 0.25) is 0 Å². The van der Waals surface area contributed by atoms with Gasteiger partial charge in [-0.25, -0.2) is 26.3 Å². The molecule has 70 heavy (non-hydrogen) atoms. The average molecular weight is 998 g/mol. The van der Waals surface area contributed by atoms with Crippen molar-refractivity contribution in [1.82, 2.24) is 15.0 Å². The van der Waals surface area contributed by atoms with Crippen molar-refractivity contribution in [3.05, 3.63) is 189 Å². The third-order valence-electron chi connectivity index (χ3n) is 9.80. The molecule has 384 valence electrons. The zero-order chi connectivity index (χ0) is 53.7. The maximum absolute atomic E-state index is 13.2.